The Balaban J connectivity index is 1.77. The molecule has 1 aromatic heterocycles. The smallest absolute Gasteiger partial charge is 0.311 e. The minimum Gasteiger partial charge on any atom is -0.481 e. The highest BCUT2D eigenvalue weighted by atomic mass is 19.1. The van der Waals surface area contributed by atoms with Gasteiger partial charge < -0.3 is 20.6 Å². The third-order valence-electron chi connectivity index (χ3n) is 5.16. The number of rotatable bonds is 8. The highest BCUT2D eigenvalue weighted by Gasteiger charge is 2.26. The number of aliphatic carboxylic acids is 1. The van der Waals surface area contributed by atoms with Crippen LogP contribution in [-0.4, -0.2) is 40.6 Å². The Morgan fingerprint density at radius 1 is 1.32 bits per heavy atom. The van der Waals surface area contributed by atoms with Gasteiger partial charge in [0.2, 0.25) is 5.82 Å². The number of hydrogen-bond donors (Lipinski definition) is 3. The molecule has 9 nitrogen and oxygen atoms in total. The maximum absolute atomic E-state index is 14.8. The Labute approximate surface area is 179 Å². The Kier molecular flexibility index (Phi) is 6.88. The van der Waals surface area contributed by atoms with Crippen molar-refractivity contribution in [3.8, 4) is 0 Å². The number of aromatic nitrogens is 1. The van der Waals surface area contributed by atoms with Crippen molar-refractivity contribution in [1.82, 2.24) is 4.98 Å². The third-order valence-corrected chi connectivity index (χ3v) is 5.16. The van der Waals surface area contributed by atoms with Crippen molar-refractivity contribution in [2.45, 2.75) is 26.7 Å². The Hall–Kier alpha value is -3.43. The molecule has 3 rings (SSSR count). The molecule has 0 unspecified atom stereocenters. The molecule has 2 aromatic rings. The molecular weight excluding hydrogens is 405 g/mol. The number of nitrogens with one attached hydrogen (secondary N) is 2. The Morgan fingerprint density at radius 3 is 2.61 bits per heavy atom. The van der Waals surface area contributed by atoms with Crippen molar-refractivity contribution in [3.63, 3.8) is 0 Å². The van der Waals surface area contributed by atoms with Crippen LogP contribution in [0.3, 0.4) is 0 Å². The standard InChI is InChI=1S/C21H26FN5O4/c1-13(2)12-23-19-6-5-18(27(30)31)20(25-19)24-15-3-4-17(16(22)11-15)26-9-7-14(8-10-26)21(28)29/h3-6,11,13-14H,7-10,12H2,1-2H3,(H,28,29)(H2,23,24,25). The van der Waals surface area contributed by atoms with Crippen molar-refractivity contribution < 1.29 is 19.2 Å². The fraction of sp³-hybridized carbons (Fsp3) is 0.429. The molecule has 0 radical (unpaired) electrons. The van der Waals surface area contributed by atoms with Crippen LogP contribution < -0.4 is 15.5 Å². The molecule has 1 aromatic carbocycles. The summed E-state index contributed by atoms with van der Waals surface area (Å²) in [6.07, 6.45) is 0.919. The average Bonchev–Trinajstić information content (AvgIpc) is 2.72. The van der Waals surface area contributed by atoms with Crippen LogP contribution in [0.1, 0.15) is 26.7 Å². The molecule has 0 atom stereocenters. The number of piperidine rings is 1. The number of carbonyl (C=O) groups is 1. The molecule has 0 aliphatic carbocycles. The monoisotopic (exact) mass is 431 g/mol. The topological polar surface area (TPSA) is 121 Å². The lowest BCUT2D eigenvalue weighted by atomic mass is 9.96. The number of halogens is 1. The fourth-order valence-electron chi connectivity index (χ4n) is 3.44. The molecule has 0 saturated carbocycles. The first-order chi connectivity index (χ1) is 14.7. The molecule has 1 aliphatic heterocycles. The van der Waals surface area contributed by atoms with E-state index in [1.54, 1.807) is 12.1 Å². The molecule has 1 fully saturated rings. The zero-order valence-corrected chi connectivity index (χ0v) is 17.5. The number of carboxylic acid groups (broad SMARTS) is 1. The number of pyridine rings is 1. The van der Waals surface area contributed by atoms with Crippen molar-refractivity contribution in [1.29, 1.82) is 0 Å². The minimum atomic E-state index is -0.820. The summed E-state index contributed by atoms with van der Waals surface area (Å²) < 4.78 is 14.8. The van der Waals surface area contributed by atoms with Gasteiger partial charge in [0.05, 0.1) is 16.5 Å². The first-order valence-corrected chi connectivity index (χ1v) is 10.2. The van der Waals surface area contributed by atoms with Gasteiger partial charge >= 0.3 is 11.7 Å². The van der Waals surface area contributed by atoms with Gasteiger partial charge in [-0.3, -0.25) is 14.9 Å². The van der Waals surface area contributed by atoms with E-state index in [4.69, 9.17) is 5.11 Å². The van der Waals surface area contributed by atoms with E-state index in [0.29, 0.717) is 55.6 Å². The molecule has 3 N–H and O–H groups in total. The van der Waals surface area contributed by atoms with E-state index in [9.17, 15) is 19.3 Å². The van der Waals surface area contributed by atoms with Crippen molar-refractivity contribution in [3.05, 3.63) is 46.3 Å². The summed E-state index contributed by atoms with van der Waals surface area (Å²) in [6, 6.07) is 7.37. The number of nitrogens with zero attached hydrogens (tertiary/aromatic N) is 3. The quantitative estimate of drug-likeness (QED) is 0.419. The lowest BCUT2D eigenvalue weighted by Crippen LogP contribution is -2.36. The predicted molar refractivity (Wildman–Crippen MR) is 116 cm³/mol. The summed E-state index contributed by atoms with van der Waals surface area (Å²) in [7, 11) is 0. The number of nitro groups is 1. The van der Waals surface area contributed by atoms with Gasteiger partial charge in [-0.05, 0) is 43.0 Å². The second-order valence-corrected chi connectivity index (χ2v) is 7.99. The van der Waals surface area contributed by atoms with E-state index >= 15 is 0 Å². The lowest BCUT2D eigenvalue weighted by Gasteiger charge is -2.32. The van der Waals surface area contributed by atoms with E-state index in [2.05, 4.69) is 15.6 Å². The summed E-state index contributed by atoms with van der Waals surface area (Å²) in [4.78, 5) is 28.0. The molecular formula is C21H26FN5O4. The molecule has 31 heavy (non-hydrogen) atoms. The van der Waals surface area contributed by atoms with Crippen LogP contribution in [0.25, 0.3) is 0 Å². The summed E-state index contributed by atoms with van der Waals surface area (Å²) in [6.45, 7) is 5.64. The summed E-state index contributed by atoms with van der Waals surface area (Å²) >= 11 is 0. The fourth-order valence-corrected chi connectivity index (χ4v) is 3.44. The SMILES string of the molecule is CC(C)CNc1ccc([N+](=O)[O-])c(Nc2ccc(N3CCC(C(=O)O)CC3)c(F)c2)n1. The number of benzene rings is 1. The first kappa shape index (κ1) is 22.3. The number of anilines is 4. The van der Waals surface area contributed by atoms with E-state index in [1.807, 2.05) is 18.7 Å². The maximum atomic E-state index is 14.8. The number of carboxylic acids is 1. The molecule has 166 valence electrons. The minimum absolute atomic E-state index is 0.0215. The van der Waals surface area contributed by atoms with Gasteiger partial charge in [-0.25, -0.2) is 9.37 Å². The third kappa shape index (κ3) is 5.59. The predicted octanol–water partition coefficient (Wildman–Crippen LogP) is 4.24. The first-order valence-electron chi connectivity index (χ1n) is 10.2. The van der Waals surface area contributed by atoms with Crippen molar-refractivity contribution in [2.75, 3.05) is 35.2 Å². The summed E-state index contributed by atoms with van der Waals surface area (Å²) in [5.74, 6) is -0.832. The Bertz CT molecular complexity index is 961. The van der Waals surface area contributed by atoms with Crippen LogP contribution >= 0.6 is 0 Å². The zero-order chi connectivity index (χ0) is 22.5. The van der Waals surface area contributed by atoms with Gasteiger partial charge in [0, 0.05) is 31.4 Å². The van der Waals surface area contributed by atoms with Crippen molar-refractivity contribution >= 4 is 34.7 Å². The van der Waals surface area contributed by atoms with Crippen LogP contribution in [0.4, 0.5) is 33.1 Å². The molecule has 0 bridgehead atoms. The van der Waals surface area contributed by atoms with Gasteiger partial charge in [-0.2, -0.15) is 0 Å². The maximum Gasteiger partial charge on any atom is 0.311 e. The molecule has 1 saturated heterocycles. The van der Waals surface area contributed by atoms with E-state index in [-0.39, 0.29) is 11.5 Å². The van der Waals surface area contributed by atoms with Gasteiger partial charge in [0.25, 0.3) is 0 Å². The normalized spacial score (nSPS) is 14.5. The second kappa shape index (κ2) is 9.59. The van der Waals surface area contributed by atoms with Gasteiger partial charge in [-0.15, -0.1) is 0 Å². The second-order valence-electron chi connectivity index (χ2n) is 7.99. The summed E-state index contributed by atoms with van der Waals surface area (Å²) in [5.41, 5.74) is 0.498. The van der Waals surface area contributed by atoms with E-state index in [0.717, 1.165) is 0 Å². The molecule has 0 amide bonds. The molecule has 10 heteroatoms. The van der Waals surface area contributed by atoms with Gasteiger partial charge in [-0.1, -0.05) is 13.8 Å². The highest BCUT2D eigenvalue weighted by molar-refractivity contribution is 5.71. The van der Waals surface area contributed by atoms with Crippen LogP contribution in [0.15, 0.2) is 30.3 Å². The van der Waals surface area contributed by atoms with Crippen LogP contribution in [0.5, 0.6) is 0 Å². The Morgan fingerprint density at radius 2 is 2.03 bits per heavy atom. The average molecular weight is 431 g/mol. The largest absolute Gasteiger partial charge is 0.481 e. The van der Waals surface area contributed by atoms with Crippen LogP contribution in [0, 0.1) is 27.8 Å². The van der Waals surface area contributed by atoms with E-state index in [1.165, 1.54) is 18.2 Å². The van der Waals surface area contributed by atoms with Crippen LogP contribution in [0.2, 0.25) is 0 Å². The zero-order valence-electron chi connectivity index (χ0n) is 17.5. The molecule has 1 aliphatic rings. The van der Waals surface area contributed by atoms with Crippen molar-refractivity contribution in [2.24, 2.45) is 11.8 Å². The molecule has 2 heterocycles. The molecule has 0 spiro atoms. The van der Waals surface area contributed by atoms with E-state index < -0.39 is 22.6 Å². The number of hydrogen-bond acceptors (Lipinski definition) is 7. The lowest BCUT2D eigenvalue weighted by molar-refractivity contribution is -0.384. The highest BCUT2D eigenvalue weighted by Crippen LogP contribution is 2.31. The van der Waals surface area contributed by atoms with Gasteiger partial charge in [0.15, 0.2) is 0 Å². The summed E-state index contributed by atoms with van der Waals surface area (Å²) in [5, 5.41) is 26.4. The van der Waals surface area contributed by atoms with Crippen LogP contribution in [-0.2, 0) is 4.79 Å². The van der Waals surface area contributed by atoms with Gasteiger partial charge in [0.1, 0.15) is 11.6 Å².